The number of carbonyl (C=O) groups is 1. The van der Waals surface area contributed by atoms with E-state index in [2.05, 4.69) is 15.5 Å². The summed E-state index contributed by atoms with van der Waals surface area (Å²) >= 11 is 6.88. The summed E-state index contributed by atoms with van der Waals surface area (Å²) in [5, 5.41) is 9.01. The molecule has 122 valence electrons. The fourth-order valence-corrected chi connectivity index (χ4v) is 3.16. The molecule has 1 amide bonds. The summed E-state index contributed by atoms with van der Waals surface area (Å²) in [4.78, 5) is 23.9. The lowest BCUT2D eigenvalue weighted by Crippen LogP contribution is -2.23. The number of rotatable bonds is 5. The molecule has 1 aromatic heterocycles. The predicted molar refractivity (Wildman–Crippen MR) is 86.5 cm³/mol. The van der Waals surface area contributed by atoms with E-state index in [1.807, 2.05) is 0 Å². The Hall–Kier alpha value is -1.80. The van der Waals surface area contributed by atoms with Crippen molar-refractivity contribution in [3.05, 3.63) is 39.5 Å². The monoisotopic (exact) mass is 356 g/mol. The maximum Gasteiger partial charge on any atom is 0.344 e. The van der Waals surface area contributed by atoms with Gasteiger partial charge in [-0.05, 0) is 38.0 Å². The zero-order chi connectivity index (χ0) is 16.6. The summed E-state index contributed by atoms with van der Waals surface area (Å²) in [5.74, 6) is -0.826. The Balaban J connectivity index is 1.68. The zero-order valence-electron chi connectivity index (χ0n) is 12.2. The number of amides is 1. The highest BCUT2D eigenvalue weighted by molar-refractivity contribution is 8.00. The van der Waals surface area contributed by atoms with Crippen molar-refractivity contribution >= 4 is 35.0 Å². The highest BCUT2D eigenvalue weighted by Gasteiger charge is 2.30. The molecule has 1 aliphatic rings. The van der Waals surface area contributed by atoms with Gasteiger partial charge < -0.3 is 5.32 Å². The van der Waals surface area contributed by atoms with Gasteiger partial charge in [-0.3, -0.25) is 9.36 Å². The first kappa shape index (κ1) is 16.1. The molecule has 0 aliphatic heterocycles. The highest BCUT2D eigenvalue weighted by atomic mass is 35.5. The van der Waals surface area contributed by atoms with Crippen molar-refractivity contribution < 1.29 is 9.18 Å². The summed E-state index contributed by atoms with van der Waals surface area (Å²) < 4.78 is 14.7. The van der Waals surface area contributed by atoms with E-state index in [1.165, 1.54) is 30.0 Å². The Morgan fingerprint density at radius 1 is 1.57 bits per heavy atom. The van der Waals surface area contributed by atoms with Crippen LogP contribution in [-0.2, 0) is 4.79 Å². The molecule has 1 aromatic carbocycles. The number of hydrogen-bond acceptors (Lipinski definition) is 4. The van der Waals surface area contributed by atoms with Crippen LogP contribution in [0.5, 0.6) is 0 Å². The summed E-state index contributed by atoms with van der Waals surface area (Å²) in [6, 6.07) is 4.15. The van der Waals surface area contributed by atoms with Gasteiger partial charge >= 0.3 is 5.69 Å². The summed E-state index contributed by atoms with van der Waals surface area (Å²) in [7, 11) is 0. The van der Waals surface area contributed by atoms with Crippen molar-refractivity contribution in [2.24, 2.45) is 0 Å². The minimum atomic E-state index is -0.544. The van der Waals surface area contributed by atoms with E-state index in [-0.39, 0.29) is 22.7 Å². The quantitative estimate of drug-likeness (QED) is 0.807. The van der Waals surface area contributed by atoms with Gasteiger partial charge in [0.1, 0.15) is 5.82 Å². The Morgan fingerprint density at radius 3 is 2.96 bits per heavy atom. The van der Waals surface area contributed by atoms with Gasteiger partial charge in [-0.1, -0.05) is 23.4 Å². The van der Waals surface area contributed by atoms with Crippen molar-refractivity contribution in [1.82, 2.24) is 14.8 Å². The molecule has 0 radical (unpaired) electrons. The second-order valence-corrected chi connectivity index (χ2v) is 7.01. The van der Waals surface area contributed by atoms with Gasteiger partial charge in [0.2, 0.25) is 5.91 Å². The first-order chi connectivity index (χ1) is 11.0. The maximum absolute atomic E-state index is 13.1. The van der Waals surface area contributed by atoms with Gasteiger partial charge in [0, 0.05) is 11.7 Å². The fourth-order valence-electron chi connectivity index (χ4n) is 2.06. The number of nitrogens with one attached hydrogen (secondary N) is 2. The molecule has 0 bridgehead atoms. The van der Waals surface area contributed by atoms with Crippen LogP contribution in [0.15, 0.2) is 28.2 Å². The van der Waals surface area contributed by atoms with Crippen molar-refractivity contribution in [1.29, 1.82) is 0 Å². The Bertz CT molecular complexity index is 802. The molecule has 6 nitrogen and oxygen atoms in total. The smallest absolute Gasteiger partial charge is 0.325 e. The van der Waals surface area contributed by atoms with Crippen LogP contribution in [0.25, 0.3) is 0 Å². The van der Waals surface area contributed by atoms with Crippen LogP contribution in [0.3, 0.4) is 0 Å². The third-order valence-electron chi connectivity index (χ3n) is 3.42. The SMILES string of the molecule is C[C@@H](Sc1n[nH]c(=O)n1C1CC1)C(=O)Nc1ccc(F)c(Cl)c1. The van der Waals surface area contributed by atoms with E-state index in [0.717, 1.165) is 12.8 Å². The Morgan fingerprint density at radius 2 is 2.30 bits per heavy atom. The Kier molecular flexibility index (Phi) is 4.45. The molecule has 1 atom stereocenters. The van der Waals surface area contributed by atoms with Gasteiger partial charge in [0.25, 0.3) is 0 Å². The lowest BCUT2D eigenvalue weighted by atomic mass is 10.3. The summed E-state index contributed by atoms with van der Waals surface area (Å²) in [5.41, 5.74) is 0.156. The minimum Gasteiger partial charge on any atom is -0.325 e. The topological polar surface area (TPSA) is 79.8 Å². The second-order valence-electron chi connectivity index (χ2n) is 5.29. The van der Waals surface area contributed by atoms with Crippen LogP contribution < -0.4 is 11.0 Å². The molecule has 0 unspecified atom stereocenters. The van der Waals surface area contributed by atoms with E-state index in [0.29, 0.717) is 10.8 Å². The Labute approximate surface area is 140 Å². The maximum atomic E-state index is 13.1. The van der Waals surface area contributed by atoms with E-state index >= 15 is 0 Å². The molecule has 0 saturated heterocycles. The summed E-state index contributed by atoms with van der Waals surface area (Å²) in [6.07, 6.45) is 1.89. The normalized spacial score (nSPS) is 15.4. The van der Waals surface area contributed by atoms with Crippen molar-refractivity contribution in [2.75, 3.05) is 5.32 Å². The van der Waals surface area contributed by atoms with Crippen LogP contribution in [-0.4, -0.2) is 25.9 Å². The zero-order valence-corrected chi connectivity index (χ0v) is 13.7. The van der Waals surface area contributed by atoms with Crippen molar-refractivity contribution in [3.63, 3.8) is 0 Å². The fraction of sp³-hybridized carbons (Fsp3) is 0.357. The highest BCUT2D eigenvalue weighted by Crippen LogP contribution is 2.36. The molecule has 2 aromatic rings. The van der Waals surface area contributed by atoms with Crippen LogP contribution in [0.2, 0.25) is 5.02 Å². The number of halogens is 2. The van der Waals surface area contributed by atoms with Crippen LogP contribution in [0.4, 0.5) is 10.1 Å². The number of H-pyrrole nitrogens is 1. The molecule has 1 aliphatic carbocycles. The molecule has 2 N–H and O–H groups in total. The van der Waals surface area contributed by atoms with E-state index in [4.69, 9.17) is 11.6 Å². The first-order valence-electron chi connectivity index (χ1n) is 7.05. The van der Waals surface area contributed by atoms with Gasteiger partial charge in [-0.25, -0.2) is 14.3 Å². The molecule has 0 spiro atoms. The molecule has 1 fully saturated rings. The van der Waals surface area contributed by atoms with E-state index < -0.39 is 11.1 Å². The van der Waals surface area contributed by atoms with Gasteiger partial charge in [-0.2, -0.15) is 0 Å². The average molecular weight is 357 g/mol. The third-order valence-corrected chi connectivity index (χ3v) is 4.78. The largest absolute Gasteiger partial charge is 0.344 e. The van der Waals surface area contributed by atoms with Crippen LogP contribution >= 0.6 is 23.4 Å². The number of anilines is 1. The molecular weight excluding hydrogens is 343 g/mol. The lowest BCUT2D eigenvalue weighted by Gasteiger charge is -2.12. The van der Waals surface area contributed by atoms with E-state index in [1.54, 1.807) is 11.5 Å². The number of benzene rings is 1. The molecule has 9 heteroatoms. The van der Waals surface area contributed by atoms with Gasteiger partial charge in [-0.15, -0.1) is 5.10 Å². The van der Waals surface area contributed by atoms with Gasteiger partial charge in [0.05, 0.1) is 10.3 Å². The standard InChI is InChI=1S/C14H14ClFN4O2S/c1-7(12(21)17-8-2-5-11(16)10(15)6-8)23-14-19-18-13(22)20(14)9-3-4-9/h2,5-7,9H,3-4H2,1H3,(H,17,21)(H,18,22)/t7-/m1/s1. The number of aromatic nitrogens is 3. The molecule has 23 heavy (non-hydrogen) atoms. The minimum absolute atomic E-state index is 0.0574. The van der Waals surface area contributed by atoms with Gasteiger partial charge in [0.15, 0.2) is 5.16 Å². The predicted octanol–water partition coefficient (Wildman–Crippen LogP) is 2.82. The number of thioether (sulfide) groups is 1. The second kappa shape index (κ2) is 6.37. The van der Waals surface area contributed by atoms with Crippen LogP contribution in [0, 0.1) is 5.82 Å². The van der Waals surface area contributed by atoms with Crippen LogP contribution in [0.1, 0.15) is 25.8 Å². The summed E-state index contributed by atoms with van der Waals surface area (Å²) in [6.45, 7) is 1.71. The molecule has 1 heterocycles. The molecule has 3 rings (SSSR count). The number of nitrogens with zero attached hydrogens (tertiary/aromatic N) is 2. The van der Waals surface area contributed by atoms with Crippen molar-refractivity contribution in [3.8, 4) is 0 Å². The molecular formula is C14H14ClFN4O2S. The number of hydrogen-bond donors (Lipinski definition) is 2. The third kappa shape index (κ3) is 3.59. The molecule has 1 saturated carbocycles. The lowest BCUT2D eigenvalue weighted by molar-refractivity contribution is -0.115. The first-order valence-corrected chi connectivity index (χ1v) is 8.31. The average Bonchev–Trinajstić information content (AvgIpc) is 3.27. The van der Waals surface area contributed by atoms with E-state index in [9.17, 15) is 14.0 Å². The number of aromatic amines is 1. The number of carbonyl (C=O) groups excluding carboxylic acids is 1. The van der Waals surface area contributed by atoms with Crippen molar-refractivity contribution in [2.45, 2.75) is 36.2 Å².